The van der Waals surface area contributed by atoms with Gasteiger partial charge in [-0.25, -0.2) is 0 Å². The molecule has 0 saturated carbocycles. The molecular formula is C15H26N4O. The Balaban J connectivity index is 2.28. The van der Waals surface area contributed by atoms with Crippen molar-refractivity contribution < 1.29 is 4.79 Å². The highest BCUT2D eigenvalue weighted by Crippen LogP contribution is 2.21. The van der Waals surface area contributed by atoms with Crippen LogP contribution >= 0.6 is 0 Å². The molecule has 2 rings (SSSR count). The highest BCUT2D eigenvalue weighted by molar-refractivity contribution is 5.95. The summed E-state index contributed by atoms with van der Waals surface area (Å²) in [4.78, 5) is 14.7. The normalized spacial score (nSPS) is 24.0. The Bertz CT molecular complexity index is 500. The van der Waals surface area contributed by atoms with Gasteiger partial charge < -0.3 is 10.2 Å². The summed E-state index contributed by atoms with van der Waals surface area (Å²) >= 11 is 0. The van der Waals surface area contributed by atoms with Gasteiger partial charge in [0, 0.05) is 30.9 Å². The summed E-state index contributed by atoms with van der Waals surface area (Å²) in [5, 5.41) is 7.80. The third-order valence-corrected chi connectivity index (χ3v) is 4.17. The Morgan fingerprint density at radius 2 is 2.05 bits per heavy atom. The van der Waals surface area contributed by atoms with Gasteiger partial charge in [-0.15, -0.1) is 0 Å². The summed E-state index contributed by atoms with van der Waals surface area (Å²) in [6, 6.07) is 0.527. The van der Waals surface area contributed by atoms with Gasteiger partial charge in [-0.05, 0) is 41.5 Å². The Morgan fingerprint density at radius 1 is 1.40 bits per heavy atom. The Hall–Kier alpha value is -1.36. The first-order valence-corrected chi connectivity index (χ1v) is 7.33. The van der Waals surface area contributed by atoms with Crippen LogP contribution in [0.1, 0.15) is 50.7 Å². The van der Waals surface area contributed by atoms with Gasteiger partial charge in [0.2, 0.25) is 0 Å². The smallest absolute Gasteiger partial charge is 0.257 e. The molecule has 1 aromatic heterocycles. The van der Waals surface area contributed by atoms with Crippen molar-refractivity contribution in [3.63, 3.8) is 0 Å². The van der Waals surface area contributed by atoms with E-state index in [0.717, 1.165) is 24.3 Å². The Morgan fingerprint density at radius 3 is 2.60 bits per heavy atom. The van der Waals surface area contributed by atoms with Gasteiger partial charge >= 0.3 is 0 Å². The van der Waals surface area contributed by atoms with E-state index in [2.05, 4.69) is 45.0 Å². The first-order chi connectivity index (χ1) is 9.23. The molecule has 5 heteroatoms. The zero-order chi connectivity index (χ0) is 15.1. The SMILES string of the molecule is Cc1c(C(=O)N2CCNC(C)C2C)cnn1C(C)(C)C. The van der Waals surface area contributed by atoms with E-state index in [9.17, 15) is 4.79 Å². The summed E-state index contributed by atoms with van der Waals surface area (Å²) in [7, 11) is 0. The quantitative estimate of drug-likeness (QED) is 0.852. The lowest BCUT2D eigenvalue weighted by atomic mass is 10.1. The largest absolute Gasteiger partial charge is 0.333 e. The molecule has 1 fully saturated rings. The van der Waals surface area contributed by atoms with E-state index in [1.165, 1.54) is 0 Å². The maximum atomic E-state index is 12.8. The van der Waals surface area contributed by atoms with E-state index in [1.807, 2.05) is 16.5 Å². The van der Waals surface area contributed by atoms with Gasteiger partial charge in [0.15, 0.2) is 0 Å². The van der Waals surface area contributed by atoms with E-state index in [0.29, 0.717) is 6.04 Å². The zero-order valence-electron chi connectivity index (χ0n) is 13.4. The highest BCUT2D eigenvalue weighted by Gasteiger charge is 2.31. The fourth-order valence-electron chi connectivity index (χ4n) is 2.79. The maximum Gasteiger partial charge on any atom is 0.257 e. The van der Waals surface area contributed by atoms with Crippen LogP contribution in [0.5, 0.6) is 0 Å². The van der Waals surface area contributed by atoms with Crippen LogP contribution in [0.25, 0.3) is 0 Å². The molecule has 5 nitrogen and oxygen atoms in total. The summed E-state index contributed by atoms with van der Waals surface area (Å²) in [6.45, 7) is 14.1. The van der Waals surface area contributed by atoms with Gasteiger partial charge in [-0.2, -0.15) is 5.10 Å². The third kappa shape index (κ3) is 2.59. The molecule has 20 heavy (non-hydrogen) atoms. The number of hydrogen-bond donors (Lipinski definition) is 1. The molecule has 0 aliphatic carbocycles. The molecule has 2 unspecified atom stereocenters. The molecule has 0 spiro atoms. The molecule has 0 bridgehead atoms. The van der Waals surface area contributed by atoms with Crippen LogP contribution in [0, 0.1) is 6.92 Å². The minimum Gasteiger partial charge on any atom is -0.333 e. The second-order valence-electron chi connectivity index (χ2n) is 6.71. The molecule has 0 radical (unpaired) electrons. The van der Waals surface area contributed by atoms with Crippen molar-refractivity contribution in [2.75, 3.05) is 13.1 Å². The minimum absolute atomic E-state index is 0.0962. The van der Waals surface area contributed by atoms with Gasteiger partial charge in [-0.1, -0.05) is 0 Å². The number of nitrogens with one attached hydrogen (secondary N) is 1. The molecule has 2 heterocycles. The van der Waals surface area contributed by atoms with Crippen molar-refractivity contribution in [3.8, 4) is 0 Å². The molecule has 2 atom stereocenters. The second kappa shape index (κ2) is 5.20. The lowest BCUT2D eigenvalue weighted by Crippen LogP contribution is -2.57. The number of rotatable bonds is 1. The van der Waals surface area contributed by atoms with E-state index in [1.54, 1.807) is 6.20 Å². The third-order valence-electron chi connectivity index (χ3n) is 4.17. The maximum absolute atomic E-state index is 12.8. The standard InChI is InChI=1S/C15H26N4O/c1-10-11(2)18(8-7-16-10)14(20)13-9-17-19(12(13)3)15(4,5)6/h9-11,16H,7-8H2,1-6H3. The van der Waals surface area contributed by atoms with Crippen LogP contribution in [-0.4, -0.2) is 45.8 Å². The summed E-state index contributed by atoms with van der Waals surface area (Å²) in [6.07, 6.45) is 1.71. The molecule has 1 aromatic rings. The fourth-order valence-corrected chi connectivity index (χ4v) is 2.79. The predicted molar refractivity (Wildman–Crippen MR) is 79.9 cm³/mol. The molecule has 1 amide bonds. The van der Waals surface area contributed by atoms with Gasteiger partial charge in [0.25, 0.3) is 5.91 Å². The fraction of sp³-hybridized carbons (Fsp3) is 0.733. The minimum atomic E-state index is -0.106. The Kier molecular flexibility index (Phi) is 3.91. The number of carbonyl (C=O) groups is 1. The van der Waals surface area contributed by atoms with Gasteiger partial charge in [-0.3, -0.25) is 9.48 Å². The molecule has 1 N–H and O–H groups in total. The average molecular weight is 278 g/mol. The number of piperazine rings is 1. The zero-order valence-corrected chi connectivity index (χ0v) is 13.4. The van der Waals surface area contributed by atoms with Crippen LogP contribution in [0.3, 0.4) is 0 Å². The number of amides is 1. The molecule has 1 aliphatic rings. The van der Waals surface area contributed by atoms with Crippen molar-refractivity contribution in [1.29, 1.82) is 0 Å². The first kappa shape index (κ1) is 15.0. The predicted octanol–water partition coefficient (Wildman–Crippen LogP) is 1.77. The van der Waals surface area contributed by atoms with Crippen LogP contribution in [0.2, 0.25) is 0 Å². The number of carbonyl (C=O) groups excluding carboxylic acids is 1. The summed E-state index contributed by atoms with van der Waals surface area (Å²) in [5.41, 5.74) is 1.56. The summed E-state index contributed by atoms with van der Waals surface area (Å²) < 4.78 is 1.93. The van der Waals surface area contributed by atoms with Crippen molar-refractivity contribution in [2.45, 2.75) is 59.2 Å². The topological polar surface area (TPSA) is 50.2 Å². The van der Waals surface area contributed by atoms with Crippen LogP contribution in [0.15, 0.2) is 6.20 Å². The Labute approximate surface area is 121 Å². The molecule has 0 aromatic carbocycles. The van der Waals surface area contributed by atoms with Crippen LogP contribution in [-0.2, 0) is 5.54 Å². The molecule has 1 saturated heterocycles. The van der Waals surface area contributed by atoms with Crippen molar-refractivity contribution >= 4 is 5.91 Å². The van der Waals surface area contributed by atoms with E-state index < -0.39 is 0 Å². The average Bonchev–Trinajstić information content (AvgIpc) is 2.73. The lowest BCUT2D eigenvalue weighted by molar-refractivity contribution is 0.0602. The monoisotopic (exact) mass is 278 g/mol. The van der Waals surface area contributed by atoms with Crippen molar-refractivity contribution in [3.05, 3.63) is 17.5 Å². The van der Waals surface area contributed by atoms with Crippen molar-refractivity contribution in [1.82, 2.24) is 20.0 Å². The van der Waals surface area contributed by atoms with E-state index in [-0.39, 0.29) is 17.5 Å². The first-order valence-electron chi connectivity index (χ1n) is 7.33. The highest BCUT2D eigenvalue weighted by atomic mass is 16.2. The van der Waals surface area contributed by atoms with Gasteiger partial charge in [0.1, 0.15) is 0 Å². The number of nitrogens with zero attached hydrogens (tertiary/aromatic N) is 3. The molecule has 112 valence electrons. The van der Waals surface area contributed by atoms with E-state index in [4.69, 9.17) is 0 Å². The summed E-state index contributed by atoms with van der Waals surface area (Å²) in [5.74, 6) is 0.0962. The van der Waals surface area contributed by atoms with Crippen LogP contribution < -0.4 is 5.32 Å². The second-order valence-corrected chi connectivity index (χ2v) is 6.71. The number of aromatic nitrogens is 2. The van der Waals surface area contributed by atoms with Gasteiger partial charge in [0.05, 0.1) is 17.3 Å². The number of hydrogen-bond acceptors (Lipinski definition) is 3. The van der Waals surface area contributed by atoms with Crippen LogP contribution in [0.4, 0.5) is 0 Å². The van der Waals surface area contributed by atoms with Crippen molar-refractivity contribution in [2.24, 2.45) is 0 Å². The lowest BCUT2D eigenvalue weighted by Gasteiger charge is -2.38. The molecule has 1 aliphatic heterocycles. The van der Waals surface area contributed by atoms with E-state index >= 15 is 0 Å². The molecular weight excluding hydrogens is 252 g/mol.